The van der Waals surface area contributed by atoms with E-state index in [0.29, 0.717) is 16.3 Å². The van der Waals surface area contributed by atoms with Crippen molar-refractivity contribution in [1.82, 2.24) is 0 Å². The molecule has 98 valence electrons. The van der Waals surface area contributed by atoms with Crippen molar-refractivity contribution in [2.24, 2.45) is 0 Å². The number of nitrogens with one attached hydrogen (secondary N) is 1. The van der Waals surface area contributed by atoms with Crippen LogP contribution in [0, 0.1) is 19.7 Å². The molecule has 2 rings (SSSR count). The molecule has 0 aliphatic carbocycles. The maximum Gasteiger partial charge on any atom is 0.258 e. The lowest BCUT2D eigenvalue weighted by Crippen LogP contribution is -2.14. The van der Waals surface area contributed by atoms with E-state index in [-0.39, 0.29) is 5.56 Å². The van der Waals surface area contributed by atoms with Gasteiger partial charge < -0.3 is 5.32 Å². The molecule has 2 nitrogen and oxygen atoms in total. The summed E-state index contributed by atoms with van der Waals surface area (Å²) >= 11 is 5.99. The standard InChI is InChI=1S/C15H13ClFNO/c1-9-6-7-12(16)13(8-9)18-15(19)11-5-3-4-10(2)14(11)17/h3-8H,1-2H3,(H,18,19). The van der Waals surface area contributed by atoms with Crippen LogP contribution in [0.25, 0.3) is 0 Å². The molecular weight excluding hydrogens is 265 g/mol. The maximum atomic E-state index is 13.8. The quantitative estimate of drug-likeness (QED) is 0.869. The van der Waals surface area contributed by atoms with Crippen molar-refractivity contribution in [3.05, 3.63) is 63.9 Å². The predicted octanol–water partition coefficient (Wildman–Crippen LogP) is 4.35. The molecule has 1 amide bonds. The molecule has 0 fully saturated rings. The minimum absolute atomic E-state index is 0.0116. The normalized spacial score (nSPS) is 10.3. The Kier molecular flexibility index (Phi) is 3.86. The number of amides is 1. The van der Waals surface area contributed by atoms with Gasteiger partial charge in [-0.15, -0.1) is 0 Å². The molecule has 0 aliphatic rings. The molecule has 1 N–H and O–H groups in total. The van der Waals surface area contributed by atoms with Crippen molar-refractivity contribution in [1.29, 1.82) is 0 Å². The molecule has 0 unspecified atom stereocenters. The summed E-state index contributed by atoms with van der Waals surface area (Å²) in [5.41, 5.74) is 1.89. The number of hydrogen-bond donors (Lipinski definition) is 1. The smallest absolute Gasteiger partial charge is 0.258 e. The Morgan fingerprint density at radius 3 is 2.68 bits per heavy atom. The number of carbonyl (C=O) groups excluding carboxylic acids is 1. The number of hydrogen-bond acceptors (Lipinski definition) is 1. The van der Waals surface area contributed by atoms with E-state index in [4.69, 9.17) is 11.6 Å². The van der Waals surface area contributed by atoms with Crippen LogP contribution in [0.1, 0.15) is 21.5 Å². The number of anilines is 1. The average molecular weight is 278 g/mol. The van der Waals surface area contributed by atoms with E-state index in [9.17, 15) is 9.18 Å². The highest BCUT2D eigenvalue weighted by molar-refractivity contribution is 6.34. The third-order valence-electron chi connectivity index (χ3n) is 2.81. The van der Waals surface area contributed by atoms with Gasteiger partial charge in [0.05, 0.1) is 16.3 Å². The topological polar surface area (TPSA) is 29.1 Å². The SMILES string of the molecule is Cc1ccc(Cl)c(NC(=O)c2cccc(C)c2F)c1. The van der Waals surface area contributed by atoms with E-state index in [0.717, 1.165) is 5.56 Å². The Hall–Kier alpha value is -1.87. The molecule has 0 radical (unpaired) electrons. The van der Waals surface area contributed by atoms with Crippen LogP contribution < -0.4 is 5.32 Å². The summed E-state index contributed by atoms with van der Waals surface area (Å²) in [6, 6.07) is 9.98. The molecule has 2 aromatic rings. The van der Waals surface area contributed by atoms with Gasteiger partial charge in [-0.3, -0.25) is 4.79 Å². The van der Waals surface area contributed by atoms with Gasteiger partial charge in [0.25, 0.3) is 5.91 Å². The number of aryl methyl sites for hydroxylation is 2. The number of rotatable bonds is 2. The first-order valence-corrected chi connectivity index (χ1v) is 6.19. The van der Waals surface area contributed by atoms with Crippen molar-refractivity contribution >= 4 is 23.2 Å². The number of carbonyl (C=O) groups is 1. The predicted molar refractivity (Wildman–Crippen MR) is 75.3 cm³/mol. The third-order valence-corrected chi connectivity index (χ3v) is 3.14. The van der Waals surface area contributed by atoms with Gasteiger partial charge in [-0.1, -0.05) is 29.8 Å². The van der Waals surface area contributed by atoms with E-state index >= 15 is 0 Å². The lowest BCUT2D eigenvalue weighted by molar-refractivity contribution is 0.102. The minimum Gasteiger partial charge on any atom is -0.321 e. The molecular formula is C15H13ClFNO. The summed E-state index contributed by atoms with van der Waals surface area (Å²) in [5, 5.41) is 3.05. The van der Waals surface area contributed by atoms with E-state index < -0.39 is 11.7 Å². The highest BCUT2D eigenvalue weighted by atomic mass is 35.5. The van der Waals surface area contributed by atoms with Crippen LogP contribution in [0.2, 0.25) is 5.02 Å². The van der Waals surface area contributed by atoms with Crippen LogP contribution in [0.5, 0.6) is 0 Å². The minimum atomic E-state index is -0.510. The van der Waals surface area contributed by atoms with E-state index in [2.05, 4.69) is 5.32 Å². The highest BCUT2D eigenvalue weighted by Gasteiger charge is 2.14. The molecule has 4 heteroatoms. The number of benzene rings is 2. The first kappa shape index (κ1) is 13.6. The number of halogens is 2. The van der Waals surface area contributed by atoms with Gasteiger partial charge in [-0.25, -0.2) is 4.39 Å². The molecule has 0 heterocycles. The summed E-state index contributed by atoms with van der Waals surface area (Å²) in [6.07, 6.45) is 0. The lowest BCUT2D eigenvalue weighted by atomic mass is 10.1. The van der Waals surface area contributed by atoms with Crippen LogP contribution in [0.4, 0.5) is 10.1 Å². The van der Waals surface area contributed by atoms with Gasteiger partial charge in [0, 0.05) is 0 Å². The maximum absolute atomic E-state index is 13.8. The van der Waals surface area contributed by atoms with Crippen LogP contribution in [0.15, 0.2) is 36.4 Å². The van der Waals surface area contributed by atoms with E-state index in [1.165, 1.54) is 6.07 Å². The zero-order valence-corrected chi connectivity index (χ0v) is 11.4. The highest BCUT2D eigenvalue weighted by Crippen LogP contribution is 2.24. The molecule has 0 saturated carbocycles. The van der Waals surface area contributed by atoms with Crippen LogP contribution >= 0.6 is 11.6 Å². The fourth-order valence-electron chi connectivity index (χ4n) is 1.75. The summed E-state index contributed by atoms with van der Waals surface area (Å²) in [4.78, 5) is 12.0. The third kappa shape index (κ3) is 2.93. The second kappa shape index (κ2) is 5.41. The van der Waals surface area contributed by atoms with Gasteiger partial charge in [-0.05, 0) is 43.2 Å². The summed E-state index contributed by atoms with van der Waals surface area (Å²) in [7, 11) is 0. The zero-order chi connectivity index (χ0) is 14.0. The van der Waals surface area contributed by atoms with Crippen LogP contribution in [-0.2, 0) is 0 Å². The molecule has 0 aromatic heterocycles. The molecule has 0 atom stereocenters. The van der Waals surface area contributed by atoms with Crippen molar-refractivity contribution in [2.75, 3.05) is 5.32 Å². The van der Waals surface area contributed by atoms with Crippen molar-refractivity contribution in [2.45, 2.75) is 13.8 Å². The Labute approximate surface area is 116 Å². The Morgan fingerprint density at radius 1 is 1.21 bits per heavy atom. The largest absolute Gasteiger partial charge is 0.321 e. The summed E-state index contributed by atoms with van der Waals surface area (Å²) < 4.78 is 13.8. The summed E-state index contributed by atoms with van der Waals surface area (Å²) in [6.45, 7) is 3.50. The first-order valence-electron chi connectivity index (χ1n) is 5.81. The van der Waals surface area contributed by atoms with Gasteiger partial charge in [0.15, 0.2) is 0 Å². The van der Waals surface area contributed by atoms with Crippen molar-refractivity contribution < 1.29 is 9.18 Å². The van der Waals surface area contributed by atoms with Gasteiger partial charge in [-0.2, -0.15) is 0 Å². The van der Waals surface area contributed by atoms with Crippen molar-refractivity contribution in [3.8, 4) is 0 Å². The molecule has 0 aliphatic heterocycles. The molecule has 0 spiro atoms. The van der Waals surface area contributed by atoms with Gasteiger partial charge >= 0.3 is 0 Å². The fourth-order valence-corrected chi connectivity index (χ4v) is 1.91. The van der Waals surface area contributed by atoms with Crippen LogP contribution in [-0.4, -0.2) is 5.91 Å². The van der Waals surface area contributed by atoms with Gasteiger partial charge in [0.2, 0.25) is 0 Å². The van der Waals surface area contributed by atoms with E-state index in [1.807, 2.05) is 13.0 Å². The first-order chi connectivity index (χ1) is 8.99. The second-order valence-electron chi connectivity index (χ2n) is 4.37. The van der Waals surface area contributed by atoms with E-state index in [1.54, 1.807) is 31.2 Å². The fraction of sp³-hybridized carbons (Fsp3) is 0.133. The Balaban J connectivity index is 2.31. The Bertz CT molecular complexity index is 640. The summed E-state index contributed by atoms with van der Waals surface area (Å²) in [5.74, 6) is -1.02. The molecule has 19 heavy (non-hydrogen) atoms. The lowest BCUT2D eigenvalue weighted by Gasteiger charge is -2.09. The molecule has 0 bridgehead atoms. The molecule has 2 aromatic carbocycles. The second-order valence-corrected chi connectivity index (χ2v) is 4.78. The average Bonchev–Trinajstić information content (AvgIpc) is 2.37. The monoisotopic (exact) mass is 277 g/mol. The molecule has 0 saturated heterocycles. The van der Waals surface area contributed by atoms with Crippen molar-refractivity contribution in [3.63, 3.8) is 0 Å². The van der Waals surface area contributed by atoms with Crippen LogP contribution in [0.3, 0.4) is 0 Å². The zero-order valence-electron chi connectivity index (χ0n) is 10.6. The van der Waals surface area contributed by atoms with Gasteiger partial charge in [0.1, 0.15) is 5.82 Å². The Morgan fingerprint density at radius 2 is 1.95 bits per heavy atom.